The average Bonchev–Trinajstić information content (AvgIpc) is 2.48. The summed E-state index contributed by atoms with van der Waals surface area (Å²) in [5, 5.41) is 19.7. The highest BCUT2D eigenvalue weighted by Crippen LogP contribution is 2.35. The quantitative estimate of drug-likeness (QED) is 0.558. The van der Waals surface area contributed by atoms with Gasteiger partial charge in [-0.15, -0.1) is 0 Å². The van der Waals surface area contributed by atoms with Crippen molar-refractivity contribution < 1.29 is 19.4 Å². The van der Waals surface area contributed by atoms with Gasteiger partial charge in [0, 0.05) is 17.5 Å². The number of rotatable bonds is 2. The standard InChI is InChI=1S/C16H12O5/c1-20-10-4-2-9(3-5-10)11-7-16(19)21-15-8-14(18)13(17)6-12(11)15/h2-8,17-18H,1H3. The highest BCUT2D eigenvalue weighted by molar-refractivity contribution is 5.95. The molecule has 2 N–H and O–H groups in total. The average molecular weight is 284 g/mol. The van der Waals surface area contributed by atoms with Crippen molar-refractivity contribution in [2.75, 3.05) is 7.11 Å². The first-order valence-electron chi connectivity index (χ1n) is 6.23. The lowest BCUT2D eigenvalue weighted by molar-refractivity contribution is 0.403. The molecule has 0 fully saturated rings. The molecule has 0 unspecified atom stereocenters. The molecule has 0 saturated heterocycles. The van der Waals surface area contributed by atoms with Gasteiger partial charge in [0.25, 0.3) is 0 Å². The summed E-state index contributed by atoms with van der Waals surface area (Å²) in [6.07, 6.45) is 0. The second kappa shape index (κ2) is 4.86. The number of phenolic OH excluding ortho intramolecular Hbond substituents is 2. The van der Waals surface area contributed by atoms with Crippen LogP contribution in [0.2, 0.25) is 0 Å². The number of methoxy groups -OCH3 is 1. The lowest BCUT2D eigenvalue weighted by atomic mass is 10.0. The third-order valence-corrected chi connectivity index (χ3v) is 3.24. The van der Waals surface area contributed by atoms with Crippen molar-refractivity contribution in [2.45, 2.75) is 0 Å². The number of benzene rings is 2. The number of hydrogen-bond donors (Lipinski definition) is 2. The number of aromatic hydroxyl groups is 2. The molecule has 0 bridgehead atoms. The highest BCUT2D eigenvalue weighted by atomic mass is 16.5. The summed E-state index contributed by atoms with van der Waals surface area (Å²) < 4.78 is 10.2. The fourth-order valence-electron chi connectivity index (χ4n) is 2.20. The zero-order chi connectivity index (χ0) is 15.0. The number of hydrogen-bond acceptors (Lipinski definition) is 5. The number of phenols is 2. The fraction of sp³-hybridized carbons (Fsp3) is 0.0625. The van der Waals surface area contributed by atoms with E-state index in [0.29, 0.717) is 16.7 Å². The fourth-order valence-corrected chi connectivity index (χ4v) is 2.20. The molecule has 21 heavy (non-hydrogen) atoms. The molecule has 3 aromatic rings. The minimum absolute atomic E-state index is 0.212. The SMILES string of the molecule is COc1ccc(-c2cc(=O)oc3cc(O)c(O)cc23)cc1. The van der Waals surface area contributed by atoms with E-state index in [1.165, 1.54) is 18.2 Å². The molecule has 0 amide bonds. The van der Waals surface area contributed by atoms with E-state index in [2.05, 4.69) is 0 Å². The topological polar surface area (TPSA) is 79.9 Å². The van der Waals surface area contributed by atoms with Gasteiger partial charge in [0.15, 0.2) is 11.5 Å². The van der Waals surface area contributed by atoms with Gasteiger partial charge in [-0.2, -0.15) is 0 Å². The Balaban J connectivity index is 2.29. The van der Waals surface area contributed by atoms with Crippen LogP contribution in [0.5, 0.6) is 17.2 Å². The lowest BCUT2D eigenvalue weighted by Gasteiger charge is -2.08. The van der Waals surface area contributed by atoms with E-state index in [9.17, 15) is 15.0 Å². The first-order valence-corrected chi connectivity index (χ1v) is 6.23. The Hall–Kier alpha value is -2.95. The molecule has 0 atom stereocenters. The Morgan fingerprint density at radius 2 is 1.67 bits per heavy atom. The maximum Gasteiger partial charge on any atom is 0.336 e. The summed E-state index contributed by atoms with van der Waals surface area (Å²) in [5.74, 6) is 0.0927. The smallest absolute Gasteiger partial charge is 0.336 e. The molecular formula is C16H12O5. The number of ether oxygens (including phenoxy) is 1. The predicted octanol–water partition coefficient (Wildman–Crippen LogP) is 2.88. The maximum absolute atomic E-state index is 11.7. The van der Waals surface area contributed by atoms with Crippen LogP contribution in [0, 0.1) is 0 Å². The van der Waals surface area contributed by atoms with Gasteiger partial charge in [0.05, 0.1) is 7.11 Å². The molecule has 0 saturated carbocycles. The van der Waals surface area contributed by atoms with Crippen LogP contribution >= 0.6 is 0 Å². The largest absolute Gasteiger partial charge is 0.504 e. The van der Waals surface area contributed by atoms with Crippen LogP contribution in [0.4, 0.5) is 0 Å². The Bertz CT molecular complexity index is 862. The van der Waals surface area contributed by atoms with E-state index >= 15 is 0 Å². The van der Waals surface area contributed by atoms with Crippen molar-refractivity contribution in [3.8, 4) is 28.4 Å². The van der Waals surface area contributed by atoms with Crippen LogP contribution < -0.4 is 10.4 Å². The van der Waals surface area contributed by atoms with E-state index in [-0.39, 0.29) is 17.1 Å². The predicted molar refractivity (Wildman–Crippen MR) is 77.8 cm³/mol. The van der Waals surface area contributed by atoms with E-state index < -0.39 is 5.63 Å². The van der Waals surface area contributed by atoms with Gasteiger partial charge in [0.2, 0.25) is 0 Å². The van der Waals surface area contributed by atoms with E-state index in [0.717, 1.165) is 5.56 Å². The van der Waals surface area contributed by atoms with Crippen molar-refractivity contribution in [1.29, 1.82) is 0 Å². The monoisotopic (exact) mass is 284 g/mol. The normalized spacial score (nSPS) is 10.7. The number of fused-ring (bicyclic) bond motifs is 1. The molecule has 0 radical (unpaired) electrons. The first kappa shape index (κ1) is 13.1. The van der Waals surface area contributed by atoms with E-state index in [1.54, 1.807) is 31.4 Å². The van der Waals surface area contributed by atoms with Gasteiger partial charge < -0.3 is 19.4 Å². The molecule has 5 nitrogen and oxygen atoms in total. The van der Waals surface area contributed by atoms with Crippen molar-refractivity contribution in [3.05, 3.63) is 52.9 Å². The van der Waals surface area contributed by atoms with Crippen molar-refractivity contribution in [3.63, 3.8) is 0 Å². The molecule has 0 aliphatic heterocycles. The van der Waals surface area contributed by atoms with Gasteiger partial charge in [-0.3, -0.25) is 0 Å². The molecule has 0 spiro atoms. The summed E-state index contributed by atoms with van der Waals surface area (Å²) in [6.45, 7) is 0. The summed E-state index contributed by atoms with van der Waals surface area (Å²) in [4.78, 5) is 11.7. The lowest BCUT2D eigenvalue weighted by Crippen LogP contribution is -1.98. The van der Waals surface area contributed by atoms with Crippen LogP contribution in [0.3, 0.4) is 0 Å². The Kier molecular flexibility index (Phi) is 3.02. The molecule has 1 heterocycles. The van der Waals surface area contributed by atoms with Gasteiger partial charge in [0.1, 0.15) is 11.3 Å². The molecular weight excluding hydrogens is 272 g/mol. The molecule has 3 rings (SSSR count). The van der Waals surface area contributed by atoms with Gasteiger partial charge in [-0.25, -0.2) is 4.79 Å². The minimum atomic E-state index is -0.529. The van der Waals surface area contributed by atoms with Gasteiger partial charge in [-0.05, 0) is 29.3 Å². The minimum Gasteiger partial charge on any atom is -0.504 e. The molecule has 0 aliphatic carbocycles. The summed E-state index contributed by atoms with van der Waals surface area (Å²) in [6, 6.07) is 11.1. The summed E-state index contributed by atoms with van der Waals surface area (Å²) in [5.41, 5.74) is 1.07. The third kappa shape index (κ3) is 2.29. The van der Waals surface area contributed by atoms with Crippen LogP contribution in [0.15, 0.2) is 51.7 Å². The Labute approximate surface area is 119 Å². The van der Waals surface area contributed by atoms with Gasteiger partial charge >= 0.3 is 5.63 Å². The zero-order valence-corrected chi connectivity index (χ0v) is 11.2. The molecule has 1 aromatic heterocycles. The Morgan fingerprint density at radius 1 is 1.00 bits per heavy atom. The van der Waals surface area contributed by atoms with E-state index in [1.807, 2.05) is 0 Å². The molecule has 2 aromatic carbocycles. The van der Waals surface area contributed by atoms with Crippen molar-refractivity contribution in [1.82, 2.24) is 0 Å². The molecule has 5 heteroatoms. The van der Waals surface area contributed by atoms with E-state index in [4.69, 9.17) is 9.15 Å². The second-order valence-electron chi connectivity index (χ2n) is 4.54. The summed E-state index contributed by atoms with van der Waals surface area (Å²) in [7, 11) is 1.57. The van der Waals surface area contributed by atoms with Crippen LogP contribution in [-0.2, 0) is 0 Å². The van der Waals surface area contributed by atoms with Crippen molar-refractivity contribution >= 4 is 11.0 Å². The van der Waals surface area contributed by atoms with Gasteiger partial charge in [-0.1, -0.05) is 12.1 Å². The zero-order valence-electron chi connectivity index (χ0n) is 11.2. The van der Waals surface area contributed by atoms with Crippen molar-refractivity contribution in [2.24, 2.45) is 0 Å². The Morgan fingerprint density at radius 3 is 2.33 bits per heavy atom. The van der Waals surface area contributed by atoms with Crippen LogP contribution in [-0.4, -0.2) is 17.3 Å². The first-order chi connectivity index (χ1) is 10.1. The second-order valence-corrected chi connectivity index (χ2v) is 4.54. The molecule has 106 valence electrons. The third-order valence-electron chi connectivity index (χ3n) is 3.24. The maximum atomic E-state index is 11.7. The molecule has 0 aliphatic rings. The summed E-state index contributed by atoms with van der Waals surface area (Å²) >= 11 is 0. The highest BCUT2D eigenvalue weighted by Gasteiger charge is 2.11. The van der Waals surface area contributed by atoms with Crippen LogP contribution in [0.25, 0.3) is 22.1 Å². The van der Waals surface area contributed by atoms with Crippen LogP contribution in [0.1, 0.15) is 0 Å².